The summed E-state index contributed by atoms with van der Waals surface area (Å²) in [5.74, 6) is -1.12. The number of hydroxylamine groups is 4. The normalized spacial score (nSPS) is 13.5. The van der Waals surface area contributed by atoms with E-state index in [2.05, 4.69) is 70.1 Å². The number of anilines is 8. The van der Waals surface area contributed by atoms with E-state index >= 15 is 0 Å². The van der Waals surface area contributed by atoms with Gasteiger partial charge in [0.25, 0.3) is 23.6 Å². The van der Waals surface area contributed by atoms with Crippen molar-refractivity contribution in [2.75, 3.05) is 41.4 Å². The number of imidazole rings is 4. The summed E-state index contributed by atoms with van der Waals surface area (Å²) in [5.41, 5.74) is 21.0. The molecule has 1 saturated carbocycles. The Morgan fingerprint density at radius 2 is 0.679 bits per heavy atom. The molecule has 14 aromatic rings. The maximum absolute atomic E-state index is 13.5. The number of carbonyl (C=O) groups is 4. The van der Waals surface area contributed by atoms with E-state index in [1.54, 1.807) is 107 Å². The number of alkyl halides is 2. The number of hydrogen-bond donors (Lipinski definition) is 12. The number of rotatable bonds is 20. The Kier molecular flexibility index (Phi) is 24.9. The fraction of sp³-hybridized carbons (Fsp3) is 0.190. The van der Waals surface area contributed by atoms with Crippen LogP contribution in [0.3, 0.4) is 0 Å². The van der Waals surface area contributed by atoms with Crippen molar-refractivity contribution >= 4 is 126 Å². The Bertz CT molecular complexity index is 5550. The van der Waals surface area contributed by atoms with Gasteiger partial charge >= 0.3 is 0 Å². The number of nitrogens with one attached hydrogen (secondary N) is 8. The van der Waals surface area contributed by atoms with E-state index in [9.17, 15) is 28.0 Å². The third kappa shape index (κ3) is 19.4. The monoisotopic (exact) mass is 1530 g/mol. The van der Waals surface area contributed by atoms with Crippen LogP contribution in [0.25, 0.3) is 44.1 Å². The number of likely N-dealkylation sites (tertiary alicyclic amines) is 1. The lowest BCUT2D eigenvalue weighted by Gasteiger charge is -2.29. The second-order valence-corrected chi connectivity index (χ2v) is 27.8. The molecule has 572 valence electrons. The molecule has 25 nitrogen and oxygen atoms in total. The Labute approximate surface area is 647 Å². The smallest absolute Gasteiger partial charge is 0.274 e. The first-order chi connectivity index (χ1) is 54.5. The SMILES string of the molecule is CN1CCC(Cn2c(Nc3ccc(C(=O)NO)cc3)nc3ccccc32)CC1.O=C(NO)c1ccc(Nc2nc3ccccc3n2CC2CCC(F)(F)CC2)cc1.O=C(NO)c1ccc(Nc2nc3ccccc3n2Cc2cccc(Cl)c2)cc1.O=C(NO)c1ccc(Nc2nc3ccccc3n2Cc2ccccc2)cc1. The van der Waals surface area contributed by atoms with Gasteiger partial charge < -0.3 is 44.4 Å². The predicted octanol–water partition coefficient (Wildman–Crippen LogP) is 16.5. The minimum absolute atomic E-state index is 0.0680. The lowest BCUT2D eigenvalue weighted by Crippen LogP contribution is -2.32. The molecule has 16 rings (SSSR count). The second kappa shape index (κ2) is 36.1. The highest BCUT2D eigenvalue weighted by atomic mass is 35.5. The van der Waals surface area contributed by atoms with E-state index in [4.69, 9.17) is 47.4 Å². The van der Waals surface area contributed by atoms with E-state index in [1.807, 2.05) is 150 Å². The molecule has 1 saturated heterocycles. The second-order valence-electron chi connectivity index (χ2n) is 27.3. The van der Waals surface area contributed by atoms with Crippen LogP contribution < -0.4 is 43.2 Å². The summed E-state index contributed by atoms with van der Waals surface area (Å²) < 4.78 is 35.5. The molecule has 12 N–H and O–H groups in total. The fourth-order valence-electron chi connectivity index (χ4n) is 13.6. The van der Waals surface area contributed by atoms with Crippen LogP contribution in [0.1, 0.15) is 91.1 Å². The van der Waals surface area contributed by atoms with Gasteiger partial charge in [-0.15, -0.1) is 0 Å². The van der Waals surface area contributed by atoms with Gasteiger partial charge in [-0.05, 0) is 227 Å². The summed E-state index contributed by atoms with van der Waals surface area (Å²) in [4.78, 5) is 67.1. The molecule has 0 unspecified atom stereocenters. The standard InChI is InChI=1S/C21H17ClN4O2.C21H22F2N4O2.C21H25N5O2.C21H18N4O2/c22-16-5-3-4-14(12-16)13-26-19-7-2-1-6-18(19)24-21(26)23-17-10-8-15(9-11-17)20(27)25-28;22-21(23)11-9-14(10-12-21)13-27-18-4-2-1-3-17(18)25-20(27)24-16-7-5-15(6-8-16)19(28)26-29;1-25-12-10-15(11-13-25)14-26-19-5-3-2-4-18(19)23-21(26)22-17-8-6-16(7-9-17)20(27)24-28;26-20(24-27)16-10-12-17(13-11-16)22-21-23-18-8-4-5-9-19(18)25(21)14-15-6-2-1-3-7-15/h1-12,28H,13H2,(H,23,24)(H,25,27);1-8,14,29H,9-13H2,(H,24,25)(H,26,28);2-9,15,28H,10-14H2,1H3,(H,22,23)(H,24,27);1-13,27H,14H2,(H,22,23)(H,24,26). The van der Waals surface area contributed by atoms with E-state index in [0.29, 0.717) is 77.6 Å². The van der Waals surface area contributed by atoms with Gasteiger partial charge in [-0.1, -0.05) is 103 Å². The zero-order valence-corrected chi connectivity index (χ0v) is 61.6. The van der Waals surface area contributed by atoms with Crippen molar-refractivity contribution in [3.63, 3.8) is 0 Å². The maximum atomic E-state index is 13.5. The van der Waals surface area contributed by atoms with Gasteiger partial charge in [0.1, 0.15) is 0 Å². The quantitative estimate of drug-likeness (QED) is 0.0249. The summed E-state index contributed by atoms with van der Waals surface area (Å²) in [5, 5.41) is 48.9. The number of piperidine rings is 1. The predicted molar refractivity (Wildman–Crippen MR) is 428 cm³/mol. The molecule has 0 radical (unpaired) electrons. The molecule has 10 aromatic carbocycles. The Hall–Kier alpha value is -12.9. The van der Waals surface area contributed by atoms with Gasteiger partial charge in [0.2, 0.25) is 29.7 Å². The van der Waals surface area contributed by atoms with E-state index in [-0.39, 0.29) is 18.8 Å². The topological polar surface area (TPSA) is 320 Å². The maximum Gasteiger partial charge on any atom is 0.274 e. The molecule has 4 amide bonds. The molecule has 2 fully saturated rings. The lowest BCUT2D eigenvalue weighted by atomic mass is 9.86. The van der Waals surface area contributed by atoms with Gasteiger partial charge in [-0.25, -0.2) is 50.6 Å². The average Bonchev–Trinajstić information content (AvgIpc) is 1.66. The molecular weight excluding hydrogens is 1450 g/mol. The highest BCUT2D eigenvalue weighted by molar-refractivity contribution is 6.30. The van der Waals surface area contributed by atoms with Gasteiger partial charge in [-0.3, -0.25) is 40.0 Å². The number of fused-ring (bicyclic) bond motifs is 4. The third-order valence-electron chi connectivity index (χ3n) is 19.6. The van der Waals surface area contributed by atoms with Gasteiger partial charge in [0.15, 0.2) is 0 Å². The minimum Gasteiger partial charge on any atom is -0.326 e. The number of benzene rings is 10. The van der Waals surface area contributed by atoms with E-state index in [1.165, 1.54) is 18.4 Å². The van der Waals surface area contributed by atoms with E-state index < -0.39 is 29.6 Å². The summed E-state index contributed by atoms with van der Waals surface area (Å²) in [6.45, 7) is 5.11. The number of para-hydroxylation sites is 8. The van der Waals surface area contributed by atoms with Crippen molar-refractivity contribution in [2.45, 2.75) is 70.6 Å². The van der Waals surface area contributed by atoms with Crippen molar-refractivity contribution in [3.05, 3.63) is 287 Å². The number of nitrogens with zero attached hydrogens (tertiary/aromatic N) is 9. The number of aromatic nitrogens is 8. The molecule has 0 bridgehead atoms. The molecule has 1 aliphatic heterocycles. The third-order valence-corrected chi connectivity index (χ3v) is 19.8. The van der Waals surface area contributed by atoms with Crippen molar-refractivity contribution in [1.82, 2.24) is 65.0 Å². The van der Waals surface area contributed by atoms with Crippen molar-refractivity contribution in [1.29, 1.82) is 0 Å². The molecule has 112 heavy (non-hydrogen) atoms. The molecule has 2 aliphatic rings. The Morgan fingerprint density at radius 1 is 0.384 bits per heavy atom. The van der Waals surface area contributed by atoms with Crippen LogP contribution in [0.15, 0.2) is 249 Å². The van der Waals surface area contributed by atoms with Crippen molar-refractivity contribution in [3.8, 4) is 0 Å². The van der Waals surface area contributed by atoms with Gasteiger partial charge in [-0.2, -0.15) is 0 Å². The molecule has 1 aliphatic carbocycles. The van der Waals surface area contributed by atoms with Gasteiger partial charge in [0.05, 0.1) is 57.2 Å². The summed E-state index contributed by atoms with van der Waals surface area (Å²) in [6, 6.07) is 76.9. The summed E-state index contributed by atoms with van der Waals surface area (Å²) >= 11 is 6.13. The lowest BCUT2D eigenvalue weighted by molar-refractivity contribution is -0.0471. The van der Waals surface area contributed by atoms with Crippen LogP contribution in [-0.4, -0.2) is 114 Å². The zero-order valence-electron chi connectivity index (χ0n) is 60.9. The first kappa shape index (κ1) is 77.3. The number of hydrogen-bond acceptors (Lipinski definition) is 17. The molecule has 28 heteroatoms. The largest absolute Gasteiger partial charge is 0.326 e. The molecular formula is C84H82ClF2N17O8. The highest BCUT2D eigenvalue weighted by Gasteiger charge is 2.35. The van der Waals surface area contributed by atoms with Crippen LogP contribution in [-0.2, 0) is 26.2 Å². The van der Waals surface area contributed by atoms with Gasteiger partial charge in [0, 0.05) is 76.0 Å². The van der Waals surface area contributed by atoms with Crippen LogP contribution >= 0.6 is 11.6 Å². The Balaban J connectivity index is 0.000000131. The van der Waals surface area contributed by atoms with Crippen LogP contribution in [0.4, 0.5) is 55.3 Å². The average molecular weight is 1530 g/mol. The molecule has 0 spiro atoms. The van der Waals surface area contributed by atoms with Crippen LogP contribution in [0.2, 0.25) is 5.02 Å². The number of amides is 4. The zero-order chi connectivity index (χ0) is 78.1. The summed E-state index contributed by atoms with van der Waals surface area (Å²) in [7, 11) is 2.18. The highest BCUT2D eigenvalue weighted by Crippen LogP contribution is 2.39. The summed E-state index contributed by atoms with van der Waals surface area (Å²) in [6.07, 6.45) is 3.22. The molecule has 0 atom stereocenters. The van der Waals surface area contributed by atoms with Crippen molar-refractivity contribution in [2.24, 2.45) is 11.8 Å². The molecule has 4 aromatic heterocycles. The molecule has 5 heterocycles. The van der Waals surface area contributed by atoms with Crippen molar-refractivity contribution < 1.29 is 48.8 Å². The minimum atomic E-state index is -2.54. The first-order valence-electron chi connectivity index (χ1n) is 36.4. The van der Waals surface area contributed by atoms with E-state index in [0.717, 1.165) is 104 Å². The fourth-order valence-corrected chi connectivity index (χ4v) is 13.8. The van der Waals surface area contributed by atoms with Crippen LogP contribution in [0.5, 0.6) is 0 Å². The number of carbonyl (C=O) groups excluding carboxylic acids is 4. The van der Waals surface area contributed by atoms with Crippen LogP contribution in [0, 0.1) is 11.8 Å². The first-order valence-corrected chi connectivity index (χ1v) is 36.8. The number of halogens is 3. The Morgan fingerprint density at radius 3 is 1.02 bits per heavy atom.